The van der Waals surface area contributed by atoms with E-state index in [9.17, 15) is 9.59 Å². The molecule has 4 aromatic rings. The molecule has 2 N–H and O–H groups in total. The zero-order valence-corrected chi connectivity index (χ0v) is 22.8. The number of benzene rings is 2. The molecule has 40 heavy (non-hydrogen) atoms. The molecule has 2 heterocycles. The van der Waals surface area contributed by atoms with Gasteiger partial charge in [-0.1, -0.05) is 18.2 Å². The summed E-state index contributed by atoms with van der Waals surface area (Å²) in [6.45, 7) is 5.99. The third-order valence-electron chi connectivity index (χ3n) is 6.20. The van der Waals surface area contributed by atoms with Gasteiger partial charge in [-0.25, -0.2) is 9.78 Å². The minimum absolute atomic E-state index is 0.0100. The molecule has 9 heteroatoms. The maximum atomic E-state index is 12.0. The fourth-order valence-corrected chi connectivity index (χ4v) is 4.16. The van der Waals surface area contributed by atoms with E-state index in [0.717, 1.165) is 39.3 Å². The van der Waals surface area contributed by atoms with Crippen LogP contribution in [0.2, 0.25) is 0 Å². The molecule has 0 aliphatic heterocycles. The molecule has 0 atom stereocenters. The Labute approximate surface area is 233 Å². The van der Waals surface area contributed by atoms with E-state index in [2.05, 4.69) is 15.3 Å². The van der Waals surface area contributed by atoms with E-state index < -0.39 is 12.1 Å². The highest BCUT2D eigenvalue weighted by Crippen LogP contribution is 2.26. The van der Waals surface area contributed by atoms with Gasteiger partial charge < -0.3 is 24.3 Å². The number of carbonyl (C=O) groups is 2. The first-order chi connectivity index (χ1) is 19.3. The number of pyridine rings is 1. The number of hydrogen-bond acceptors (Lipinski definition) is 7. The monoisotopic (exact) mass is 543 g/mol. The van der Waals surface area contributed by atoms with Crippen molar-refractivity contribution in [2.45, 2.75) is 52.7 Å². The normalized spacial score (nSPS) is 10.9. The molecule has 0 bridgehead atoms. The number of ether oxygens (including phenoxy) is 2. The highest BCUT2D eigenvalue weighted by molar-refractivity contribution is 5.68. The average Bonchev–Trinajstić information content (AvgIpc) is 3.31. The summed E-state index contributed by atoms with van der Waals surface area (Å²) in [6, 6.07) is 17.4. The van der Waals surface area contributed by atoms with Crippen LogP contribution in [0.15, 0.2) is 71.4 Å². The van der Waals surface area contributed by atoms with Crippen molar-refractivity contribution in [1.29, 1.82) is 0 Å². The quantitative estimate of drug-likeness (QED) is 0.223. The maximum absolute atomic E-state index is 12.0. The summed E-state index contributed by atoms with van der Waals surface area (Å²) in [4.78, 5) is 31.8. The van der Waals surface area contributed by atoms with Gasteiger partial charge in [-0.15, -0.1) is 0 Å². The smallest absolute Gasteiger partial charge is 0.407 e. The molecule has 0 aliphatic rings. The molecular weight excluding hydrogens is 510 g/mol. The average molecular weight is 544 g/mol. The van der Waals surface area contributed by atoms with Crippen LogP contribution < -0.4 is 10.1 Å². The predicted molar refractivity (Wildman–Crippen MR) is 150 cm³/mol. The largest absolute Gasteiger partial charge is 0.493 e. The summed E-state index contributed by atoms with van der Waals surface area (Å²) in [5.74, 6) is 1.01. The van der Waals surface area contributed by atoms with Gasteiger partial charge in [0.05, 0.1) is 18.4 Å². The van der Waals surface area contributed by atoms with Gasteiger partial charge in [-0.3, -0.25) is 9.78 Å². The van der Waals surface area contributed by atoms with Gasteiger partial charge in [0.15, 0.2) is 0 Å². The minimum Gasteiger partial charge on any atom is -0.493 e. The number of hydrogen-bond donors (Lipinski definition) is 2. The number of carbonyl (C=O) groups excluding carboxylic acids is 1. The van der Waals surface area contributed by atoms with Gasteiger partial charge in [0, 0.05) is 37.3 Å². The number of aliphatic carboxylic acids is 1. The van der Waals surface area contributed by atoms with E-state index >= 15 is 0 Å². The Kier molecular flexibility index (Phi) is 9.51. The number of aryl methyl sites for hydroxylation is 2. The van der Waals surface area contributed by atoms with Gasteiger partial charge in [0.1, 0.15) is 11.5 Å². The number of carboxylic acid groups (broad SMARTS) is 1. The van der Waals surface area contributed by atoms with Crippen LogP contribution >= 0.6 is 0 Å². The Hall–Kier alpha value is -4.66. The van der Waals surface area contributed by atoms with Crippen LogP contribution in [0.25, 0.3) is 22.6 Å². The number of aromatic nitrogens is 2. The van der Waals surface area contributed by atoms with E-state index in [1.165, 1.54) is 0 Å². The molecule has 9 nitrogen and oxygen atoms in total. The van der Waals surface area contributed by atoms with E-state index in [-0.39, 0.29) is 19.1 Å². The van der Waals surface area contributed by atoms with E-state index in [1.54, 1.807) is 32.3 Å². The minimum atomic E-state index is -0.884. The van der Waals surface area contributed by atoms with Crippen LogP contribution in [-0.4, -0.2) is 39.8 Å². The maximum Gasteiger partial charge on any atom is 0.407 e. The lowest BCUT2D eigenvalue weighted by Crippen LogP contribution is -2.26. The summed E-state index contributed by atoms with van der Waals surface area (Å²) in [6.07, 6.45) is 3.64. The van der Waals surface area contributed by atoms with Crippen molar-refractivity contribution in [1.82, 2.24) is 15.3 Å². The Morgan fingerprint density at radius 3 is 2.35 bits per heavy atom. The molecule has 0 unspecified atom stereocenters. The number of alkyl carbamates (subject to hydrolysis) is 1. The number of carboxylic acids is 1. The second-order valence-corrected chi connectivity index (χ2v) is 9.57. The van der Waals surface area contributed by atoms with Crippen LogP contribution in [0.5, 0.6) is 5.75 Å². The standard InChI is InChI=1S/C31H33N3O6/c1-20(2)39-31(37)33-19-26-18-27(10-8-23(26)9-11-29(35)36)38-17-14-28-21(3)40-30(34-28)25-6-4-22(5-7-25)24-12-15-32-16-13-24/h4-8,10,12-13,15-16,18,20H,9,11,14,17,19H2,1-3H3,(H,33,37)(H,35,36). The lowest BCUT2D eigenvalue weighted by Gasteiger charge is -2.14. The molecule has 0 spiro atoms. The van der Waals surface area contributed by atoms with Gasteiger partial charge in [-0.05, 0) is 85.8 Å². The topological polar surface area (TPSA) is 124 Å². The summed E-state index contributed by atoms with van der Waals surface area (Å²) in [5.41, 5.74) is 5.47. The first-order valence-corrected chi connectivity index (χ1v) is 13.2. The summed E-state index contributed by atoms with van der Waals surface area (Å²) >= 11 is 0. The van der Waals surface area contributed by atoms with Crippen molar-refractivity contribution in [2.24, 2.45) is 0 Å². The Bertz CT molecular complexity index is 1430. The van der Waals surface area contributed by atoms with Crippen molar-refractivity contribution in [3.63, 3.8) is 0 Å². The third-order valence-corrected chi connectivity index (χ3v) is 6.20. The fourth-order valence-electron chi connectivity index (χ4n) is 4.16. The zero-order chi connectivity index (χ0) is 28.5. The van der Waals surface area contributed by atoms with Crippen molar-refractivity contribution < 1.29 is 28.6 Å². The van der Waals surface area contributed by atoms with Crippen molar-refractivity contribution >= 4 is 12.1 Å². The number of rotatable bonds is 12. The molecule has 1 amide bonds. The van der Waals surface area contributed by atoms with E-state index in [0.29, 0.717) is 31.1 Å². The van der Waals surface area contributed by atoms with Crippen molar-refractivity contribution in [2.75, 3.05) is 6.61 Å². The van der Waals surface area contributed by atoms with Crippen molar-refractivity contribution in [3.8, 4) is 28.3 Å². The molecule has 2 aromatic carbocycles. The molecule has 0 saturated heterocycles. The van der Waals surface area contributed by atoms with Crippen LogP contribution in [0.3, 0.4) is 0 Å². The molecule has 0 radical (unpaired) electrons. The SMILES string of the molecule is Cc1oc(-c2ccc(-c3ccncc3)cc2)nc1CCOc1ccc(CCC(=O)O)c(CNC(=O)OC(C)C)c1. The second kappa shape index (κ2) is 13.4. The highest BCUT2D eigenvalue weighted by atomic mass is 16.6. The van der Waals surface area contributed by atoms with Gasteiger partial charge >= 0.3 is 12.1 Å². The molecule has 0 fully saturated rings. The second-order valence-electron chi connectivity index (χ2n) is 9.57. The van der Waals surface area contributed by atoms with Crippen LogP contribution in [0, 0.1) is 6.92 Å². The highest BCUT2D eigenvalue weighted by Gasteiger charge is 2.14. The molecule has 208 valence electrons. The first kappa shape index (κ1) is 28.4. The molecule has 4 rings (SSSR count). The number of oxazole rings is 1. The molecule has 0 saturated carbocycles. The number of amides is 1. The van der Waals surface area contributed by atoms with E-state index in [1.807, 2.05) is 55.5 Å². The lowest BCUT2D eigenvalue weighted by molar-refractivity contribution is -0.136. The van der Waals surface area contributed by atoms with Crippen LogP contribution in [0.1, 0.15) is 42.8 Å². The molecular formula is C31H33N3O6. The first-order valence-electron chi connectivity index (χ1n) is 13.2. The lowest BCUT2D eigenvalue weighted by atomic mass is 10.0. The molecule has 0 aliphatic carbocycles. The van der Waals surface area contributed by atoms with Crippen molar-refractivity contribution in [3.05, 3.63) is 89.6 Å². The zero-order valence-electron chi connectivity index (χ0n) is 22.8. The Morgan fingerprint density at radius 2 is 1.65 bits per heavy atom. The summed E-state index contributed by atoms with van der Waals surface area (Å²) in [7, 11) is 0. The van der Waals surface area contributed by atoms with Crippen LogP contribution in [0.4, 0.5) is 4.79 Å². The molecule has 2 aromatic heterocycles. The van der Waals surface area contributed by atoms with Crippen LogP contribution in [-0.2, 0) is 28.9 Å². The number of nitrogens with zero attached hydrogens (tertiary/aromatic N) is 2. The Balaban J connectivity index is 1.38. The number of nitrogens with one attached hydrogen (secondary N) is 1. The third kappa shape index (κ3) is 7.92. The fraction of sp³-hybridized carbons (Fsp3) is 0.290. The van der Waals surface area contributed by atoms with Gasteiger partial charge in [-0.2, -0.15) is 0 Å². The Morgan fingerprint density at radius 1 is 0.950 bits per heavy atom. The van der Waals surface area contributed by atoms with Gasteiger partial charge in [0.25, 0.3) is 0 Å². The van der Waals surface area contributed by atoms with E-state index in [4.69, 9.17) is 19.0 Å². The summed E-state index contributed by atoms with van der Waals surface area (Å²) in [5, 5.41) is 11.8. The summed E-state index contributed by atoms with van der Waals surface area (Å²) < 4.78 is 17.1. The van der Waals surface area contributed by atoms with Gasteiger partial charge in [0.2, 0.25) is 5.89 Å². The predicted octanol–water partition coefficient (Wildman–Crippen LogP) is 5.99.